The van der Waals surface area contributed by atoms with Crippen LogP contribution in [0.2, 0.25) is 0 Å². The predicted octanol–water partition coefficient (Wildman–Crippen LogP) is 4.43. The van der Waals surface area contributed by atoms with Gasteiger partial charge in [0.25, 0.3) is 0 Å². The largest absolute Gasteiger partial charge is 0.492 e. The summed E-state index contributed by atoms with van der Waals surface area (Å²) in [5, 5.41) is 11.2. The fourth-order valence-electron chi connectivity index (χ4n) is 3.63. The van der Waals surface area contributed by atoms with E-state index in [9.17, 15) is 5.11 Å². The Morgan fingerprint density at radius 2 is 1.61 bits per heavy atom. The molecule has 5 nitrogen and oxygen atoms in total. The van der Waals surface area contributed by atoms with E-state index in [1.54, 1.807) is 0 Å². The summed E-state index contributed by atoms with van der Waals surface area (Å²) < 4.78 is 0. The highest BCUT2D eigenvalue weighted by Gasteiger charge is 2.22. The van der Waals surface area contributed by atoms with E-state index >= 15 is 0 Å². The Bertz CT molecular complexity index is 1050. The lowest BCUT2D eigenvalue weighted by Crippen LogP contribution is -2.46. The minimum Gasteiger partial charge on any atom is -0.492 e. The van der Waals surface area contributed by atoms with Crippen molar-refractivity contribution in [2.24, 2.45) is 4.99 Å². The van der Waals surface area contributed by atoms with Gasteiger partial charge in [0.2, 0.25) is 5.88 Å². The van der Waals surface area contributed by atoms with Crippen molar-refractivity contribution >= 4 is 45.7 Å². The smallest absolute Gasteiger partial charge is 0.231 e. The van der Waals surface area contributed by atoms with Crippen LogP contribution >= 0.6 is 11.3 Å². The molecule has 140 valence electrons. The molecule has 3 aromatic rings. The molecule has 2 aromatic carbocycles. The first-order valence-electron chi connectivity index (χ1n) is 9.38. The van der Waals surface area contributed by atoms with Gasteiger partial charge >= 0.3 is 0 Å². The zero-order valence-electron chi connectivity index (χ0n) is 15.3. The molecule has 0 atom stereocenters. The van der Waals surface area contributed by atoms with Crippen LogP contribution in [0.15, 0.2) is 59.6 Å². The molecule has 1 fully saturated rings. The number of hydrogen-bond donors (Lipinski definition) is 1. The SMILES string of the molecule is Oc1nc(N2CCN(c3ccccc3)CC2)sc1/C=C1\C=Nc2ccccc21. The first-order chi connectivity index (χ1) is 13.8. The van der Waals surface area contributed by atoms with Crippen LogP contribution < -0.4 is 9.80 Å². The van der Waals surface area contributed by atoms with Gasteiger partial charge in [-0.15, -0.1) is 0 Å². The van der Waals surface area contributed by atoms with Crippen LogP contribution in [0.25, 0.3) is 11.6 Å². The third-order valence-corrected chi connectivity index (χ3v) is 6.19. The standard InChI is InChI=1S/C22H20N4OS/c27-21-20(14-16-15-23-19-9-5-4-8-18(16)19)28-22(24-21)26-12-10-25(11-13-26)17-6-2-1-3-7-17/h1-9,14-15,27H,10-13H2/b16-14+. The minimum absolute atomic E-state index is 0.0933. The molecule has 2 aliphatic heterocycles. The maximum atomic E-state index is 10.4. The molecule has 0 saturated carbocycles. The van der Waals surface area contributed by atoms with Gasteiger partial charge in [-0.1, -0.05) is 47.7 Å². The minimum atomic E-state index is 0.0933. The fourth-order valence-corrected chi connectivity index (χ4v) is 4.60. The van der Waals surface area contributed by atoms with E-state index in [0.29, 0.717) is 0 Å². The van der Waals surface area contributed by atoms with Crippen LogP contribution in [0.1, 0.15) is 10.4 Å². The number of anilines is 2. The average molecular weight is 388 g/mol. The lowest BCUT2D eigenvalue weighted by molar-refractivity contribution is 0.455. The molecule has 1 saturated heterocycles. The first-order valence-corrected chi connectivity index (χ1v) is 10.2. The predicted molar refractivity (Wildman–Crippen MR) is 117 cm³/mol. The van der Waals surface area contributed by atoms with E-state index in [-0.39, 0.29) is 5.88 Å². The zero-order chi connectivity index (χ0) is 18.9. The number of para-hydroxylation sites is 2. The molecular weight excluding hydrogens is 368 g/mol. The van der Waals surface area contributed by atoms with Gasteiger partial charge in [0.1, 0.15) is 0 Å². The molecule has 5 rings (SSSR count). The van der Waals surface area contributed by atoms with Crippen molar-refractivity contribution < 1.29 is 5.11 Å². The highest BCUT2D eigenvalue weighted by molar-refractivity contribution is 7.16. The van der Waals surface area contributed by atoms with E-state index in [1.807, 2.05) is 36.6 Å². The lowest BCUT2D eigenvalue weighted by Gasteiger charge is -2.35. The van der Waals surface area contributed by atoms with Crippen molar-refractivity contribution in [3.63, 3.8) is 0 Å². The molecule has 0 unspecified atom stereocenters. The molecule has 1 N–H and O–H groups in total. The summed E-state index contributed by atoms with van der Waals surface area (Å²) in [5.74, 6) is 0.0933. The third kappa shape index (κ3) is 3.16. The monoisotopic (exact) mass is 388 g/mol. The van der Waals surface area contributed by atoms with Crippen LogP contribution in [0.3, 0.4) is 0 Å². The maximum absolute atomic E-state index is 10.4. The number of fused-ring (bicyclic) bond motifs is 1. The third-order valence-electron chi connectivity index (χ3n) is 5.14. The number of hydrogen-bond acceptors (Lipinski definition) is 6. The molecule has 6 heteroatoms. The molecule has 28 heavy (non-hydrogen) atoms. The molecule has 0 aliphatic carbocycles. The number of nitrogens with zero attached hydrogens (tertiary/aromatic N) is 4. The van der Waals surface area contributed by atoms with Crippen molar-refractivity contribution in [3.8, 4) is 5.88 Å². The average Bonchev–Trinajstić information content (AvgIpc) is 3.33. The normalized spacial score (nSPS) is 17.4. The number of allylic oxidation sites excluding steroid dienone is 1. The topological polar surface area (TPSA) is 52.0 Å². The van der Waals surface area contributed by atoms with Gasteiger partial charge in [-0.2, -0.15) is 4.98 Å². The Hall–Kier alpha value is -3.12. The molecule has 1 aromatic heterocycles. The van der Waals surface area contributed by atoms with Crippen molar-refractivity contribution in [2.75, 3.05) is 36.0 Å². The van der Waals surface area contributed by atoms with Crippen LogP contribution in [-0.2, 0) is 0 Å². The van der Waals surface area contributed by atoms with Crippen LogP contribution in [0.5, 0.6) is 5.88 Å². The molecule has 0 amide bonds. The Kier molecular flexibility index (Phi) is 4.33. The van der Waals surface area contributed by atoms with E-state index in [0.717, 1.165) is 53.0 Å². The Morgan fingerprint density at radius 3 is 2.43 bits per heavy atom. The second-order valence-electron chi connectivity index (χ2n) is 6.87. The molecule has 2 aliphatic rings. The van der Waals surface area contributed by atoms with E-state index < -0.39 is 0 Å². The van der Waals surface area contributed by atoms with Gasteiger partial charge in [0.05, 0.1) is 10.6 Å². The highest BCUT2D eigenvalue weighted by Crippen LogP contribution is 2.37. The van der Waals surface area contributed by atoms with Crippen molar-refractivity contribution in [2.45, 2.75) is 0 Å². The summed E-state index contributed by atoms with van der Waals surface area (Å²) in [6.07, 6.45) is 3.83. The van der Waals surface area contributed by atoms with Crippen molar-refractivity contribution in [1.29, 1.82) is 0 Å². The van der Waals surface area contributed by atoms with E-state index in [4.69, 9.17) is 0 Å². The summed E-state index contributed by atoms with van der Waals surface area (Å²) in [6.45, 7) is 3.67. The van der Waals surface area contributed by atoms with Crippen molar-refractivity contribution in [1.82, 2.24) is 4.98 Å². The van der Waals surface area contributed by atoms with E-state index in [1.165, 1.54) is 17.0 Å². The second-order valence-corrected chi connectivity index (χ2v) is 7.88. The number of thiazole rings is 1. The molecule has 0 radical (unpaired) electrons. The van der Waals surface area contributed by atoms with E-state index in [2.05, 4.69) is 50.1 Å². The number of rotatable bonds is 3. The summed E-state index contributed by atoms with van der Waals surface area (Å²) in [5.41, 5.74) is 4.33. The summed E-state index contributed by atoms with van der Waals surface area (Å²) in [6, 6.07) is 18.5. The summed E-state index contributed by atoms with van der Waals surface area (Å²) >= 11 is 1.53. The number of benzene rings is 2. The lowest BCUT2D eigenvalue weighted by atomic mass is 10.1. The number of aromatic hydroxyl groups is 1. The quantitative estimate of drug-likeness (QED) is 0.721. The van der Waals surface area contributed by atoms with Crippen molar-refractivity contribution in [3.05, 3.63) is 65.0 Å². The number of aromatic nitrogens is 1. The molecule has 0 spiro atoms. The van der Waals surface area contributed by atoms with Gasteiger partial charge in [-0.05, 0) is 24.3 Å². The Morgan fingerprint density at radius 1 is 0.893 bits per heavy atom. The Balaban J connectivity index is 1.33. The summed E-state index contributed by atoms with van der Waals surface area (Å²) in [4.78, 5) is 14.3. The highest BCUT2D eigenvalue weighted by atomic mass is 32.1. The van der Waals surface area contributed by atoms with Crippen LogP contribution in [-0.4, -0.2) is 42.5 Å². The van der Waals surface area contributed by atoms with Gasteiger partial charge in [0.15, 0.2) is 5.13 Å². The van der Waals surface area contributed by atoms with Crippen LogP contribution in [0.4, 0.5) is 16.5 Å². The Labute approximate surface area is 167 Å². The molecular formula is C22H20N4OS. The van der Waals surface area contributed by atoms with Gasteiger partial charge in [-0.25, -0.2) is 0 Å². The molecule has 3 heterocycles. The first kappa shape index (κ1) is 17.0. The van der Waals surface area contributed by atoms with Gasteiger partial charge < -0.3 is 14.9 Å². The summed E-state index contributed by atoms with van der Waals surface area (Å²) in [7, 11) is 0. The fraction of sp³-hybridized carbons (Fsp3) is 0.182. The maximum Gasteiger partial charge on any atom is 0.231 e. The van der Waals surface area contributed by atoms with Gasteiger partial charge in [0, 0.05) is 49.2 Å². The van der Waals surface area contributed by atoms with Crippen LogP contribution in [0, 0.1) is 0 Å². The zero-order valence-corrected chi connectivity index (χ0v) is 16.1. The number of piperazine rings is 1. The number of aliphatic imine (C=N–C) groups is 1. The van der Waals surface area contributed by atoms with Gasteiger partial charge in [-0.3, -0.25) is 4.99 Å². The second kappa shape index (κ2) is 7.13. The molecule has 0 bridgehead atoms.